The molecule has 0 fully saturated rings. The Bertz CT molecular complexity index is 330. The third-order valence-electron chi connectivity index (χ3n) is 1.37. The monoisotopic (exact) mass is 205 g/mol. The molecule has 0 aliphatic carbocycles. The molecule has 1 aromatic rings. The first-order chi connectivity index (χ1) is 6.63. The largest absolute Gasteiger partial charge is 0.433 e. The van der Waals surface area contributed by atoms with Gasteiger partial charge in [0.25, 0.3) is 0 Å². The van der Waals surface area contributed by atoms with Gasteiger partial charge < -0.3 is 10.1 Å². The summed E-state index contributed by atoms with van der Waals surface area (Å²) in [5.74, 6) is -0.940. The molecule has 0 spiro atoms. The highest BCUT2D eigenvalue weighted by Crippen LogP contribution is 2.26. The van der Waals surface area contributed by atoms with E-state index in [-0.39, 0.29) is 17.8 Å². The second-order valence-electron chi connectivity index (χ2n) is 2.28. The Hall–Kier alpha value is -1.72. The second kappa shape index (κ2) is 4.50. The molecule has 0 atom stereocenters. The van der Waals surface area contributed by atoms with E-state index < -0.39 is 12.4 Å². The van der Waals surface area contributed by atoms with E-state index in [4.69, 9.17) is 0 Å². The smallest absolute Gasteiger partial charge is 0.387 e. The summed E-state index contributed by atoms with van der Waals surface area (Å²) in [5, 5.41) is 2.04. The Morgan fingerprint density at radius 1 is 1.43 bits per heavy atom. The Kier molecular flexibility index (Phi) is 3.33. The highest BCUT2D eigenvalue weighted by Gasteiger charge is 2.09. The lowest BCUT2D eigenvalue weighted by Crippen LogP contribution is -2.05. The van der Waals surface area contributed by atoms with Gasteiger partial charge >= 0.3 is 6.61 Å². The molecule has 6 heteroatoms. The van der Waals surface area contributed by atoms with E-state index in [0.717, 1.165) is 18.2 Å². The van der Waals surface area contributed by atoms with Crippen LogP contribution in [0.25, 0.3) is 0 Å². The standard InChI is InChI=1S/C8H6F3NO2/c9-5-1-2-7(14-8(10)11)6(3-5)12-4-13/h1-4,8H,(H,12,13). The Balaban J connectivity index is 2.95. The third kappa shape index (κ3) is 2.65. The summed E-state index contributed by atoms with van der Waals surface area (Å²) < 4.78 is 40.3. The Morgan fingerprint density at radius 2 is 2.14 bits per heavy atom. The molecule has 76 valence electrons. The van der Waals surface area contributed by atoms with Crippen LogP contribution in [0.2, 0.25) is 0 Å². The molecule has 0 aliphatic heterocycles. The number of carbonyl (C=O) groups is 1. The van der Waals surface area contributed by atoms with Crippen molar-refractivity contribution in [1.29, 1.82) is 0 Å². The molecular formula is C8H6F3NO2. The molecule has 0 saturated carbocycles. The van der Waals surface area contributed by atoms with Gasteiger partial charge in [0.05, 0.1) is 5.69 Å². The summed E-state index contributed by atoms with van der Waals surface area (Å²) in [5.41, 5.74) is -0.139. The molecule has 1 rings (SSSR count). The molecule has 1 amide bonds. The average Bonchev–Trinajstić information content (AvgIpc) is 2.09. The van der Waals surface area contributed by atoms with Crippen LogP contribution in [0.1, 0.15) is 0 Å². The lowest BCUT2D eigenvalue weighted by Gasteiger charge is -2.08. The molecule has 0 aromatic heterocycles. The SMILES string of the molecule is O=CNc1cc(F)ccc1OC(F)F. The Labute approximate surface area is 77.5 Å². The number of ether oxygens (including phenoxy) is 1. The number of amides is 1. The predicted molar refractivity (Wildman–Crippen MR) is 42.7 cm³/mol. The lowest BCUT2D eigenvalue weighted by molar-refractivity contribution is -0.105. The minimum Gasteiger partial charge on any atom is -0.433 e. The summed E-state index contributed by atoms with van der Waals surface area (Å²) >= 11 is 0. The van der Waals surface area contributed by atoms with Gasteiger partial charge in [0, 0.05) is 6.07 Å². The number of halogens is 3. The van der Waals surface area contributed by atoms with Crippen LogP contribution < -0.4 is 10.1 Å². The van der Waals surface area contributed by atoms with Gasteiger partial charge in [0.1, 0.15) is 11.6 Å². The molecule has 1 N–H and O–H groups in total. The molecule has 0 heterocycles. The van der Waals surface area contributed by atoms with Crippen molar-refractivity contribution in [3.8, 4) is 5.75 Å². The van der Waals surface area contributed by atoms with Crippen molar-refractivity contribution in [1.82, 2.24) is 0 Å². The van der Waals surface area contributed by atoms with Crippen LogP contribution in [0.5, 0.6) is 5.75 Å². The molecule has 0 aliphatic rings. The third-order valence-corrected chi connectivity index (χ3v) is 1.37. The zero-order chi connectivity index (χ0) is 10.6. The fraction of sp³-hybridized carbons (Fsp3) is 0.125. The van der Waals surface area contributed by atoms with Crippen molar-refractivity contribution >= 4 is 12.1 Å². The van der Waals surface area contributed by atoms with E-state index >= 15 is 0 Å². The first kappa shape index (κ1) is 10.4. The minimum absolute atomic E-state index is 0.139. The molecular weight excluding hydrogens is 199 g/mol. The van der Waals surface area contributed by atoms with Gasteiger partial charge in [-0.15, -0.1) is 0 Å². The van der Waals surface area contributed by atoms with Crippen LogP contribution in [0.15, 0.2) is 18.2 Å². The van der Waals surface area contributed by atoms with E-state index in [0.29, 0.717) is 0 Å². The number of hydrogen-bond acceptors (Lipinski definition) is 2. The van der Waals surface area contributed by atoms with E-state index in [1.54, 1.807) is 0 Å². The van der Waals surface area contributed by atoms with Gasteiger partial charge in [0.2, 0.25) is 6.41 Å². The van der Waals surface area contributed by atoms with Gasteiger partial charge in [-0.25, -0.2) is 4.39 Å². The number of nitrogens with one attached hydrogen (secondary N) is 1. The van der Waals surface area contributed by atoms with Crippen molar-refractivity contribution in [2.24, 2.45) is 0 Å². The second-order valence-corrected chi connectivity index (χ2v) is 2.28. The summed E-state index contributed by atoms with van der Waals surface area (Å²) in [6.45, 7) is -3.02. The number of anilines is 1. The topological polar surface area (TPSA) is 38.3 Å². The van der Waals surface area contributed by atoms with Crippen molar-refractivity contribution in [2.75, 3.05) is 5.32 Å². The molecule has 0 unspecified atom stereocenters. The maximum Gasteiger partial charge on any atom is 0.387 e. The van der Waals surface area contributed by atoms with E-state index in [1.807, 2.05) is 5.32 Å². The molecule has 0 radical (unpaired) electrons. The van der Waals surface area contributed by atoms with Crippen molar-refractivity contribution in [2.45, 2.75) is 6.61 Å². The number of benzene rings is 1. The molecule has 1 aromatic carbocycles. The predicted octanol–water partition coefficient (Wildman–Crippen LogP) is 2.00. The quantitative estimate of drug-likeness (QED) is 0.763. The van der Waals surface area contributed by atoms with Gasteiger partial charge in [-0.05, 0) is 12.1 Å². The number of hydrogen-bond donors (Lipinski definition) is 1. The van der Waals surface area contributed by atoms with Crippen molar-refractivity contribution in [3.63, 3.8) is 0 Å². The van der Waals surface area contributed by atoms with Gasteiger partial charge in [-0.3, -0.25) is 4.79 Å². The van der Waals surface area contributed by atoms with Crippen LogP contribution >= 0.6 is 0 Å². The van der Waals surface area contributed by atoms with Crippen LogP contribution in [0, 0.1) is 5.82 Å². The Morgan fingerprint density at radius 3 is 2.71 bits per heavy atom. The summed E-state index contributed by atoms with van der Waals surface area (Å²) in [4.78, 5) is 10.0. The van der Waals surface area contributed by atoms with Gasteiger partial charge in [0.15, 0.2) is 0 Å². The maximum absolute atomic E-state index is 12.6. The van der Waals surface area contributed by atoms with Gasteiger partial charge in [-0.1, -0.05) is 0 Å². The first-order valence-electron chi connectivity index (χ1n) is 3.58. The summed E-state index contributed by atoms with van der Waals surface area (Å²) in [6.07, 6.45) is 0.243. The van der Waals surface area contributed by atoms with Gasteiger partial charge in [-0.2, -0.15) is 8.78 Å². The first-order valence-corrected chi connectivity index (χ1v) is 3.58. The normalized spacial score (nSPS) is 10.0. The lowest BCUT2D eigenvalue weighted by atomic mass is 10.3. The fourth-order valence-corrected chi connectivity index (χ4v) is 0.877. The zero-order valence-electron chi connectivity index (χ0n) is 6.84. The number of alkyl halides is 2. The van der Waals surface area contributed by atoms with Crippen LogP contribution in [-0.4, -0.2) is 13.0 Å². The molecule has 3 nitrogen and oxygen atoms in total. The van der Waals surface area contributed by atoms with E-state index in [1.165, 1.54) is 0 Å². The highest BCUT2D eigenvalue weighted by molar-refractivity contribution is 5.75. The van der Waals surface area contributed by atoms with Crippen LogP contribution in [0.4, 0.5) is 18.9 Å². The highest BCUT2D eigenvalue weighted by atomic mass is 19.3. The molecule has 0 bridgehead atoms. The van der Waals surface area contributed by atoms with Crippen LogP contribution in [-0.2, 0) is 4.79 Å². The summed E-state index contributed by atoms with van der Waals surface area (Å²) in [7, 11) is 0. The number of rotatable bonds is 4. The molecule has 0 saturated heterocycles. The average molecular weight is 205 g/mol. The van der Waals surface area contributed by atoms with Crippen molar-refractivity contribution < 1.29 is 22.7 Å². The fourth-order valence-electron chi connectivity index (χ4n) is 0.877. The van der Waals surface area contributed by atoms with E-state index in [2.05, 4.69) is 4.74 Å². The zero-order valence-corrected chi connectivity index (χ0v) is 6.84. The van der Waals surface area contributed by atoms with Crippen LogP contribution in [0.3, 0.4) is 0 Å². The maximum atomic E-state index is 12.6. The molecule has 14 heavy (non-hydrogen) atoms. The number of carbonyl (C=O) groups excluding carboxylic acids is 1. The summed E-state index contributed by atoms with van der Waals surface area (Å²) in [6, 6.07) is 2.84. The minimum atomic E-state index is -3.02. The van der Waals surface area contributed by atoms with Crippen molar-refractivity contribution in [3.05, 3.63) is 24.0 Å². The van der Waals surface area contributed by atoms with E-state index in [9.17, 15) is 18.0 Å².